The first kappa shape index (κ1) is 16.7. The van der Waals surface area contributed by atoms with Gasteiger partial charge in [0.05, 0.1) is 6.61 Å². The summed E-state index contributed by atoms with van der Waals surface area (Å²) < 4.78 is 6.32. The smallest absolute Gasteiger partial charge is 0.332 e. The van der Waals surface area contributed by atoms with Gasteiger partial charge in [0, 0.05) is 15.9 Å². The van der Waals surface area contributed by atoms with E-state index in [0.717, 1.165) is 28.1 Å². The van der Waals surface area contributed by atoms with Crippen LogP contribution in [0.3, 0.4) is 0 Å². The molecule has 0 amide bonds. The molecule has 0 bridgehead atoms. The van der Waals surface area contributed by atoms with Crippen molar-refractivity contribution < 1.29 is 9.53 Å². The van der Waals surface area contributed by atoms with Gasteiger partial charge >= 0.3 is 5.97 Å². The van der Waals surface area contributed by atoms with E-state index in [9.17, 15) is 4.79 Å². The maximum atomic E-state index is 12.6. The monoisotopic (exact) mass is 371 g/mol. The van der Waals surface area contributed by atoms with Gasteiger partial charge in [0.25, 0.3) is 0 Å². The number of thioether (sulfide) groups is 1. The minimum atomic E-state index is -0.660. The second-order valence-corrected chi connectivity index (χ2v) is 8.08. The van der Waals surface area contributed by atoms with Crippen molar-refractivity contribution in [1.29, 1.82) is 0 Å². The molecule has 1 atom stereocenters. The zero-order valence-corrected chi connectivity index (χ0v) is 15.1. The standard InChI is InChI=1S/C16H22BrNO2S/c1-4-20-14(19)16(9-15(2,3)10-21-11-16)18-13-8-6-5-7-12(13)17/h5-8,18H,4,9-11H2,1-3H3. The molecule has 0 aliphatic carbocycles. The summed E-state index contributed by atoms with van der Waals surface area (Å²) in [6.07, 6.45) is 0.771. The maximum absolute atomic E-state index is 12.6. The molecule has 0 radical (unpaired) electrons. The topological polar surface area (TPSA) is 38.3 Å². The maximum Gasteiger partial charge on any atom is 0.332 e. The third-order valence-corrected chi connectivity index (χ3v) is 5.91. The van der Waals surface area contributed by atoms with Crippen LogP contribution < -0.4 is 5.32 Å². The van der Waals surface area contributed by atoms with Crippen LogP contribution >= 0.6 is 27.7 Å². The fourth-order valence-electron chi connectivity index (χ4n) is 2.77. The number of esters is 1. The third-order valence-electron chi connectivity index (χ3n) is 3.54. The van der Waals surface area contributed by atoms with Crippen LogP contribution in [0.1, 0.15) is 27.2 Å². The molecule has 1 aliphatic heterocycles. The second-order valence-electron chi connectivity index (χ2n) is 6.24. The Morgan fingerprint density at radius 1 is 1.38 bits per heavy atom. The van der Waals surface area contributed by atoms with Crippen molar-refractivity contribution in [1.82, 2.24) is 0 Å². The van der Waals surface area contributed by atoms with Gasteiger partial charge in [-0.15, -0.1) is 0 Å². The predicted molar refractivity (Wildman–Crippen MR) is 92.9 cm³/mol. The quantitative estimate of drug-likeness (QED) is 0.799. The van der Waals surface area contributed by atoms with E-state index < -0.39 is 5.54 Å². The molecule has 1 fully saturated rings. The van der Waals surface area contributed by atoms with Gasteiger partial charge in [0.15, 0.2) is 0 Å². The van der Waals surface area contributed by atoms with E-state index in [1.54, 1.807) is 0 Å². The Kier molecular flexibility index (Phi) is 5.25. The number of nitrogens with one attached hydrogen (secondary N) is 1. The van der Waals surface area contributed by atoms with Crippen LogP contribution in [0.2, 0.25) is 0 Å². The third kappa shape index (κ3) is 3.95. The van der Waals surface area contributed by atoms with Crippen LogP contribution in [0.25, 0.3) is 0 Å². The van der Waals surface area contributed by atoms with Gasteiger partial charge in [-0.2, -0.15) is 11.8 Å². The van der Waals surface area contributed by atoms with Gasteiger partial charge in [0.2, 0.25) is 0 Å². The average Bonchev–Trinajstić information content (AvgIpc) is 2.40. The van der Waals surface area contributed by atoms with Crippen LogP contribution in [-0.4, -0.2) is 29.6 Å². The highest BCUT2D eigenvalue weighted by Gasteiger charge is 2.47. The lowest BCUT2D eigenvalue weighted by molar-refractivity contribution is -0.149. The van der Waals surface area contributed by atoms with Crippen LogP contribution in [0.5, 0.6) is 0 Å². The normalized spacial score (nSPS) is 24.4. The van der Waals surface area contributed by atoms with E-state index in [1.165, 1.54) is 0 Å². The molecule has 3 nitrogen and oxygen atoms in total. The highest BCUT2D eigenvalue weighted by atomic mass is 79.9. The Labute approximate surface area is 139 Å². The molecule has 1 aromatic carbocycles. The average molecular weight is 372 g/mol. The molecule has 0 aromatic heterocycles. The molecule has 116 valence electrons. The SMILES string of the molecule is CCOC(=O)C1(Nc2ccccc2Br)CSCC(C)(C)C1. The number of anilines is 1. The molecule has 1 aliphatic rings. The molecule has 1 N–H and O–H groups in total. The molecule has 0 saturated carbocycles. The molecule has 2 rings (SSSR count). The first-order valence-electron chi connectivity index (χ1n) is 7.16. The lowest BCUT2D eigenvalue weighted by Crippen LogP contribution is -2.55. The first-order chi connectivity index (χ1) is 9.88. The molecule has 0 spiro atoms. The number of hydrogen-bond donors (Lipinski definition) is 1. The largest absolute Gasteiger partial charge is 0.464 e. The van der Waals surface area contributed by atoms with Crippen LogP contribution in [0.15, 0.2) is 28.7 Å². The van der Waals surface area contributed by atoms with Crippen LogP contribution in [-0.2, 0) is 9.53 Å². The van der Waals surface area contributed by atoms with E-state index >= 15 is 0 Å². The molecule has 1 heterocycles. The zero-order chi connectivity index (χ0) is 15.5. The molecule has 21 heavy (non-hydrogen) atoms. The van der Waals surface area contributed by atoms with E-state index in [1.807, 2.05) is 43.0 Å². The minimum Gasteiger partial charge on any atom is -0.464 e. The van der Waals surface area contributed by atoms with Crippen molar-refractivity contribution >= 4 is 39.3 Å². The van der Waals surface area contributed by atoms with Gasteiger partial charge in [-0.25, -0.2) is 4.79 Å². The van der Waals surface area contributed by atoms with Gasteiger partial charge in [-0.05, 0) is 52.6 Å². The number of carbonyl (C=O) groups excluding carboxylic acids is 1. The summed E-state index contributed by atoms with van der Waals surface area (Å²) in [7, 11) is 0. The van der Waals surface area contributed by atoms with Gasteiger partial charge in [-0.3, -0.25) is 0 Å². The predicted octanol–water partition coefficient (Wildman–Crippen LogP) is 4.33. The fourth-order valence-corrected chi connectivity index (χ4v) is 4.55. The number of para-hydroxylation sites is 1. The molecular weight excluding hydrogens is 350 g/mol. The summed E-state index contributed by atoms with van der Waals surface area (Å²) >= 11 is 5.35. The van der Waals surface area contributed by atoms with E-state index in [4.69, 9.17) is 4.74 Å². The number of halogens is 1. The number of hydrogen-bond acceptors (Lipinski definition) is 4. The summed E-state index contributed by atoms with van der Waals surface area (Å²) in [5, 5.41) is 3.46. The molecular formula is C16H22BrNO2S. The van der Waals surface area contributed by atoms with E-state index in [0.29, 0.717) is 6.61 Å². The van der Waals surface area contributed by atoms with E-state index in [-0.39, 0.29) is 11.4 Å². The van der Waals surface area contributed by atoms with Crippen molar-refractivity contribution in [3.05, 3.63) is 28.7 Å². The summed E-state index contributed by atoms with van der Waals surface area (Å²) in [6.45, 7) is 6.66. The van der Waals surface area contributed by atoms with Crippen LogP contribution in [0, 0.1) is 5.41 Å². The summed E-state index contributed by atoms with van der Waals surface area (Å²) in [5.41, 5.74) is 0.375. The lowest BCUT2D eigenvalue weighted by Gasteiger charge is -2.43. The number of benzene rings is 1. The molecule has 1 aromatic rings. The summed E-state index contributed by atoms with van der Waals surface area (Å²) in [4.78, 5) is 12.6. The van der Waals surface area contributed by atoms with Crippen molar-refractivity contribution in [3.8, 4) is 0 Å². The number of ether oxygens (including phenoxy) is 1. The summed E-state index contributed by atoms with van der Waals surface area (Å²) in [5.74, 6) is 1.64. The van der Waals surface area contributed by atoms with Gasteiger partial charge < -0.3 is 10.1 Å². The van der Waals surface area contributed by atoms with Crippen LogP contribution in [0.4, 0.5) is 5.69 Å². The van der Waals surface area contributed by atoms with E-state index in [2.05, 4.69) is 35.1 Å². The summed E-state index contributed by atoms with van der Waals surface area (Å²) in [6, 6.07) is 7.89. The Balaban J connectivity index is 2.32. The Morgan fingerprint density at radius 2 is 2.10 bits per heavy atom. The van der Waals surface area contributed by atoms with Crippen molar-refractivity contribution in [3.63, 3.8) is 0 Å². The number of rotatable bonds is 4. The Morgan fingerprint density at radius 3 is 2.71 bits per heavy atom. The highest BCUT2D eigenvalue weighted by Crippen LogP contribution is 2.42. The van der Waals surface area contributed by atoms with Gasteiger partial charge in [0.1, 0.15) is 5.54 Å². The second kappa shape index (κ2) is 6.61. The molecule has 5 heteroatoms. The minimum absolute atomic E-state index is 0.101. The first-order valence-corrected chi connectivity index (χ1v) is 9.11. The molecule has 1 saturated heterocycles. The van der Waals surface area contributed by atoms with Crippen molar-refractivity contribution in [2.75, 3.05) is 23.4 Å². The highest BCUT2D eigenvalue weighted by molar-refractivity contribution is 9.10. The lowest BCUT2D eigenvalue weighted by atomic mass is 9.79. The fraction of sp³-hybridized carbons (Fsp3) is 0.562. The molecule has 1 unspecified atom stereocenters. The van der Waals surface area contributed by atoms with Crippen molar-refractivity contribution in [2.24, 2.45) is 5.41 Å². The zero-order valence-electron chi connectivity index (χ0n) is 12.7. The Bertz CT molecular complexity index is 521. The van der Waals surface area contributed by atoms with Crippen molar-refractivity contribution in [2.45, 2.75) is 32.7 Å². The Hall–Kier alpha value is -0.680. The number of carbonyl (C=O) groups is 1. The van der Waals surface area contributed by atoms with Gasteiger partial charge in [-0.1, -0.05) is 26.0 Å².